The molecule has 0 aromatic heterocycles. The van der Waals surface area contributed by atoms with Crippen molar-refractivity contribution in [1.29, 1.82) is 0 Å². The monoisotopic (exact) mass is 329 g/mol. The second-order valence-corrected chi connectivity index (χ2v) is 5.28. The molecule has 0 saturated heterocycles. The van der Waals surface area contributed by atoms with Crippen LogP contribution < -0.4 is 20.7 Å². The third-order valence-corrected chi connectivity index (χ3v) is 3.54. The minimum absolute atomic E-state index is 0.196. The van der Waals surface area contributed by atoms with Gasteiger partial charge in [0.05, 0.1) is 12.6 Å². The number of amides is 3. The number of ether oxygens (including phenoxy) is 1. The first-order valence-corrected chi connectivity index (χ1v) is 7.43. The highest BCUT2D eigenvalue weighted by molar-refractivity contribution is 5.94. The molecule has 1 aliphatic rings. The van der Waals surface area contributed by atoms with Crippen molar-refractivity contribution >= 4 is 17.6 Å². The number of halogens is 1. The van der Waals surface area contributed by atoms with Crippen molar-refractivity contribution < 1.29 is 18.7 Å². The standard InChI is InChI=1S/C17H16FN3O3/c18-11-5-7-12(8-6-11)20-16(22)9-19-17(23)21-14-10-24-15-4-2-1-3-13(14)15/h1-8,14H,9-10H2,(H,20,22)(H2,19,21,23)/t14-/m0/s1. The van der Waals surface area contributed by atoms with Crippen molar-refractivity contribution in [3.63, 3.8) is 0 Å². The number of carbonyl (C=O) groups excluding carboxylic acids is 2. The van der Waals surface area contributed by atoms with Gasteiger partial charge in [-0.1, -0.05) is 18.2 Å². The van der Waals surface area contributed by atoms with Gasteiger partial charge in [0, 0.05) is 11.3 Å². The van der Waals surface area contributed by atoms with Gasteiger partial charge in [0.1, 0.15) is 18.2 Å². The van der Waals surface area contributed by atoms with Crippen molar-refractivity contribution in [2.75, 3.05) is 18.5 Å². The SMILES string of the molecule is O=C(CNC(=O)N[C@H]1COc2ccccc21)Nc1ccc(F)cc1. The average Bonchev–Trinajstić information content (AvgIpc) is 2.98. The molecule has 24 heavy (non-hydrogen) atoms. The highest BCUT2D eigenvalue weighted by atomic mass is 19.1. The van der Waals surface area contributed by atoms with Crippen molar-refractivity contribution in [3.8, 4) is 5.75 Å². The van der Waals surface area contributed by atoms with Crippen molar-refractivity contribution in [1.82, 2.24) is 10.6 Å². The number of benzene rings is 2. The van der Waals surface area contributed by atoms with Crippen LogP contribution in [0.4, 0.5) is 14.9 Å². The first kappa shape index (κ1) is 15.8. The highest BCUT2D eigenvalue weighted by Gasteiger charge is 2.25. The Hall–Kier alpha value is -3.09. The summed E-state index contributed by atoms with van der Waals surface area (Å²) in [5.74, 6) is -0.0405. The summed E-state index contributed by atoms with van der Waals surface area (Å²) in [5, 5.41) is 7.80. The summed E-state index contributed by atoms with van der Waals surface area (Å²) >= 11 is 0. The Balaban J connectivity index is 1.46. The van der Waals surface area contributed by atoms with E-state index in [2.05, 4.69) is 16.0 Å². The molecule has 0 saturated carbocycles. The molecule has 3 N–H and O–H groups in total. The number of para-hydroxylation sites is 1. The zero-order valence-corrected chi connectivity index (χ0v) is 12.7. The molecule has 0 radical (unpaired) electrons. The Kier molecular flexibility index (Phi) is 4.60. The second-order valence-electron chi connectivity index (χ2n) is 5.28. The van der Waals surface area contributed by atoms with Gasteiger partial charge in [-0.15, -0.1) is 0 Å². The molecule has 0 spiro atoms. The minimum Gasteiger partial charge on any atom is -0.491 e. The summed E-state index contributed by atoms with van der Waals surface area (Å²) in [6, 6.07) is 12.1. The van der Waals surface area contributed by atoms with Crippen molar-refractivity contribution in [3.05, 3.63) is 59.9 Å². The molecule has 0 bridgehead atoms. The highest BCUT2D eigenvalue weighted by Crippen LogP contribution is 2.31. The predicted octanol–water partition coefficient (Wildman–Crippen LogP) is 2.20. The fourth-order valence-electron chi connectivity index (χ4n) is 2.39. The van der Waals surface area contributed by atoms with E-state index in [-0.39, 0.29) is 18.4 Å². The van der Waals surface area contributed by atoms with Crippen LogP contribution in [0.5, 0.6) is 5.75 Å². The van der Waals surface area contributed by atoms with E-state index in [1.165, 1.54) is 24.3 Å². The van der Waals surface area contributed by atoms with Gasteiger partial charge in [-0.3, -0.25) is 4.79 Å². The van der Waals surface area contributed by atoms with Gasteiger partial charge in [-0.2, -0.15) is 0 Å². The number of urea groups is 1. The Labute approximate surface area is 138 Å². The fourth-order valence-corrected chi connectivity index (χ4v) is 2.39. The molecular formula is C17H16FN3O3. The molecule has 2 aromatic carbocycles. The molecular weight excluding hydrogens is 313 g/mol. The summed E-state index contributed by atoms with van der Waals surface area (Å²) < 4.78 is 18.3. The summed E-state index contributed by atoms with van der Waals surface area (Å²) in [7, 11) is 0. The molecule has 2 aromatic rings. The minimum atomic E-state index is -0.463. The summed E-state index contributed by atoms with van der Waals surface area (Å²) in [6.07, 6.45) is 0. The van der Waals surface area contributed by atoms with E-state index in [0.29, 0.717) is 12.3 Å². The quantitative estimate of drug-likeness (QED) is 0.804. The number of nitrogens with one attached hydrogen (secondary N) is 3. The van der Waals surface area contributed by atoms with Crippen molar-refractivity contribution in [2.24, 2.45) is 0 Å². The predicted molar refractivity (Wildman–Crippen MR) is 86.2 cm³/mol. The number of anilines is 1. The molecule has 1 heterocycles. The van der Waals surface area contributed by atoms with Crippen LogP contribution in [0.1, 0.15) is 11.6 Å². The number of fused-ring (bicyclic) bond motifs is 1. The van der Waals surface area contributed by atoms with Gasteiger partial charge in [0.15, 0.2) is 0 Å². The van der Waals surface area contributed by atoms with E-state index in [9.17, 15) is 14.0 Å². The van der Waals surface area contributed by atoms with Gasteiger partial charge in [-0.25, -0.2) is 9.18 Å². The summed E-state index contributed by atoms with van der Waals surface area (Å²) in [5.41, 5.74) is 1.37. The topological polar surface area (TPSA) is 79.5 Å². The van der Waals surface area contributed by atoms with Crippen LogP contribution in [-0.4, -0.2) is 25.1 Å². The molecule has 0 fully saturated rings. The van der Waals surface area contributed by atoms with E-state index in [1.54, 1.807) is 0 Å². The largest absolute Gasteiger partial charge is 0.491 e. The smallest absolute Gasteiger partial charge is 0.315 e. The maximum Gasteiger partial charge on any atom is 0.315 e. The number of hydrogen-bond donors (Lipinski definition) is 3. The van der Waals surface area contributed by atoms with E-state index in [0.717, 1.165) is 11.3 Å². The van der Waals surface area contributed by atoms with Gasteiger partial charge in [-0.05, 0) is 30.3 Å². The molecule has 0 aliphatic carbocycles. The van der Waals surface area contributed by atoms with Crippen LogP contribution >= 0.6 is 0 Å². The molecule has 1 atom stereocenters. The van der Waals surface area contributed by atoms with Gasteiger partial charge in [0.2, 0.25) is 5.91 Å². The maximum absolute atomic E-state index is 12.8. The van der Waals surface area contributed by atoms with Crippen molar-refractivity contribution in [2.45, 2.75) is 6.04 Å². The van der Waals surface area contributed by atoms with E-state index in [4.69, 9.17) is 4.74 Å². The Morgan fingerprint density at radius 1 is 1.12 bits per heavy atom. The van der Waals surface area contributed by atoms with Crippen LogP contribution in [0, 0.1) is 5.82 Å². The Morgan fingerprint density at radius 3 is 2.67 bits per heavy atom. The number of rotatable bonds is 4. The van der Waals surface area contributed by atoms with Crippen LogP contribution in [0.3, 0.4) is 0 Å². The first-order chi connectivity index (χ1) is 11.6. The maximum atomic E-state index is 12.8. The van der Waals surface area contributed by atoms with Crippen LogP contribution in [0.25, 0.3) is 0 Å². The lowest BCUT2D eigenvalue weighted by Gasteiger charge is -2.13. The lowest BCUT2D eigenvalue weighted by atomic mass is 10.1. The Morgan fingerprint density at radius 2 is 1.88 bits per heavy atom. The zero-order valence-electron chi connectivity index (χ0n) is 12.7. The average molecular weight is 329 g/mol. The van der Waals surface area contributed by atoms with E-state index < -0.39 is 11.9 Å². The molecule has 0 unspecified atom stereocenters. The molecule has 7 heteroatoms. The van der Waals surface area contributed by atoms with Crippen LogP contribution in [0.15, 0.2) is 48.5 Å². The summed E-state index contributed by atoms with van der Waals surface area (Å²) in [4.78, 5) is 23.7. The lowest BCUT2D eigenvalue weighted by Crippen LogP contribution is -2.42. The fraction of sp³-hybridized carbons (Fsp3) is 0.176. The van der Waals surface area contributed by atoms with Crippen LogP contribution in [-0.2, 0) is 4.79 Å². The van der Waals surface area contributed by atoms with Crippen LogP contribution in [0.2, 0.25) is 0 Å². The molecule has 124 valence electrons. The van der Waals surface area contributed by atoms with Gasteiger partial charge >= 0.3 is 6.03 Å². The Bertz CT molecular complexity index is 749. The lowest BCUT2D eigenvalue weighted by molar-refractivity contribution is -0.115. The van der Waals surface area contributed by atoms with Gasteiger partial charge < -0.3 is 20.7 Å². The first-order valence-electron chi connectivity index (χ1n) is 7.43. The number of carbonyl (C=O) groups is 2. The van der Waals surface area contributed by atoms with Gasteiger partial charge in [0.25, 0.3) is 0 Å². The summed E-state index contributed by atoms with van der Waals surface area (Å²) in [6.45, 7) is 0.160. The molecule has 3 amide bonds. The molecule has 3 rings (SSSR count). The number of hydrogen-bond acceptors (Lipinski definition) is 3. The zero-order chi connectivity index (χ0) is 16.9. The molecule has 6 nitrogen and oxygen atoms in total. The van der Waals surface area contributed by atoms with E-state index in [1.807, 2.05) is 24.3 Å². The third-order valence-electron chi connectivity index (χ3n) is 3.54. The second kappa shape index (κ2) is 6.99. The van der Waals surface area contributed by atoms with E-state index >= 15 is 0 Å². The molecule has 1 aliphatic heterocycles. The normalized spacial score (nSPS) is 15.1. The third kappa shape index (κ3) is 3.81.